The Balaban J connectivity index is 1.35. The molecule has 2 aromatic carbocycles. The van der Waals surface area contributed by atoms with Crippen molar-refractivity contribution in [3.05, 3.63) is 71.8 Å². The number of aliphatic hydroxyl groups is 6. The minimum atomic E-state index is -1.53. The quantitative estimate of drug-likeness (QED) is 0.0755. The molecule has 2 unspecified atom stereocenters. The largest absolute Gasteiger partial charge is 0.389 e. The van der Waals surface area contributed by atoms with Crippen molar-refractivity contribution in [2.45, 2.75) is 61.4 Å². The van der Waals surface area contributed by atoms with Crippen molar-refractivity contribution in [1.29, 1.82) is 0 Å². The van der Waals surface area contributed by atoms with Gasteiger partial charge in [-0.3, -0.25) is 4.90 Å². The summed E-state index contributed by atoms with van der Waals surface area (Å²) in [5, 5.41) is 65.7. The molecule has 2 fully saturated rings. The first-order chi connectivity index (χ1) is 23.8. The van der Waals surface area contributed by atoms with Crippen LogP contribution in [-0.4, -0.2) is 163 Å². The number of hydrogen-bond acceptors (Lipinski definition) is 15. The van der Waals surface area contributed by atoms with E-state index < -0.39 is 61.4 Å². The zero-order valence-corrected chi connectivity index (χ0v) is 27.6. The van der Waals surface area contributed by atoms with Crippen molar-refractivity contribution in [3.8, 4) is 0 Å². The van der Waals surface area contributed by atoms with Crippen LogP contribution in [0, 0.1) is 0 Å². The summed E-state index contributed by atoms with van der Waals surface area (Å²) in [4.78, 5) is 1.60. The lowest BCUT2D eigenvalue weighted by molar-refractivity contribution is -0.285. The van der Waals surface area contributed by atoms with Crippen molar-refractivity contribution in [3.63, 3.8) is 0 Å². The van der Waals surface area contributed by atoms with Crippen LogP contribution in [0.2, 0.25) is 0 Å². The highest BCUT2D eigenvalue weighted by Crippen LogP contribution is 2.30. The Kier molecular flexibility index (Phi) is 17.2. The summed E-state index contributed by atoms with van der Waals surface area (Å²) < 4.78 is 39.4. The topological polar surface area (TPSA) is 215 Å². The Labute approximate surface area is 286 Å². The fourth-order valence-electron chi connectivity index (χ4n) is 5.55. The van der Waals surface area contributed by atoms with Gasteiger partial charge in [-0.15, -0.1) is 0 Å². The molecule has 2 saturated heterocycles. The first-order valence-electron chi connectivity index (χ1n) is 16.7. The predicted molar refractivity (Wildman–Crippen MR) is 174 cm³/mol. The lowest BCUT2D eigenvalue weighted by atomic mass is 9.99. The second kappa shape index (κ2) is 21.3. The molecule has 0 bridgehead atoms. The standard InChI is InChI=1S/C34H52N2O13/c35-11-13-43-15-17-45-18-16-44-14-12-36(19-25(37)29(41)31-27(39)21-46-33(48-31)23-7-3-1-4-8-23)20-26(38)30(42)32-28(40)22-47-34(49-32)24-9-5-2-6-10-24/h1-10,25-34,37-42H,11-22,35H2/t25-,26+,27-,28-,29-,30-,31-,32-,33?,34?/m1/s1. The molecular formula is C34H52N2O13. The van der Waals surface area contributed by atoms with Gasteiger partial charge in [0.25, 0.3) is 0 Å². The third kappa shape index (κ3) is 12.5. The van der Waals surface area contributed by atoms with E-state index in [0.717, 1.165) is 0 Å². The summed E-state index contributed by atoms with van der Waals surface area (Å²) in [6.07, 6.45) is -12.4. The lowest BCUT2D eigenvalue weighted by Crippen LogP contribution is -2.56. The van der Waals surface area contributed by atoms with Crippen LogP contribution in [0.4, 0.5) is 0 Å². The van der Waals surface area contributed by atoms with Gasteiger partial charge in [0.2, 0.25) is 0 Å². The zero-order valence-electron chi connectivity index (χ0n) is 27.6. The number of nitrogens with two attached hydrogens (primary N) is 1. The van der Waals surface area contributed by atoms with Crippen molar-refractivity contribution in [2.75, 3.05) is 79.0 Å². The summed E-state index contributed by atoms with van der Waals surface area (Å²) in [6, 6.07) is 18.1. The summed E-state index contributed by atoms with van der Waals surface area (Å²) in [5.74, 6) is 0. The summed E-state index contributed by atoms with van der Waals surface area (Å²) >= 11 is 0. The highest BCUT2D eigenvalue weighted by Gasteiger charge is 2.42. The van der Waals surface area contributed by atoms with E-state index >= 15 is 0 Å². The number of hydrogen-bond donors (Lipinski definition) is 7. The van der Waals surface area contributed by atoms with E-state index in [2.05, 4.69) is 0 Å². The SMILES string of the molecule is NCCOCCOCCOCCN(C[C@@H](O)[C@@H](O)[C@@H]1OC(c2ccccc2)OC[C@H]1O)C[C@H](O)[C@@H](O)[C@@H]1OC(c2ccccc2)OC[C@H]1O. The van der Waals surface area contributed by atoms with Gasteiger partial charge in [-0.2, -0.15) is 0 Å². The van der Waals surface area contributed by atoms with E-state index in [1.807, 2.05) is 36.4 Å². The van der Waals surface area contributed by atoms with Crippen molar-refractivity contribution in [1.82, 2.24) is 4.90 Å². The molecule has 4 rings (SSSR count). The van der Waals surface area contributed by atoms with Gasteiger partial charge in [-0.25, -0.2) is 0 Å². The Bertz CT molecular complexity index is 1080. The van der Waals surface area contributed by atoms with Crippen LogP contribution in [0.25, 0.3) is 0 Å². The second-order valence-electron chi connectivity index (χ2n) is 12.0. The van der Waals surface area contributed by atoms with Crippen LogP contribution in [0.15, 0.2) is 60.7 Å². The van der Waals surface area contributed by atoms with Crippen LogP contribution in [-0.2, 0) is 33.2 Å². The first-order valence-corrected chi connectivity index (χ1v) is 16.7. The maximum absolute atomic E-state index is 11.1. The van der Waals surface area contributed by atoms with Crippen LogP contribution in [0.3, 0.4) is 0 Å². The molecule has 15 nitrogen and oxygen atoms in total. The van der Waals surface area contributed by atoms with Crippen LogP contribution < -0.4 is 5.73 Å². The van der Waals surface area contributed by atoms with Crippen LogP contribution >= 0.6 is 0 Å². The Morgan fingerprint density at radius 3 is 1.47 bits per heavy atom. The highest BCUT2D eigenvalue weighted by atomic mass is 16.7. The molecule has 49 heavy (non-hydrogen) atoms. The van der Waals surface area contributed by atoms with Gasteiger partial charge in [0.15, 0.2) is 12.6 Å². The van der Waals surface area contributed by atoms with Gasteiger partial charge < -0.3 is 69.5 Å². The molecule has 0 amide bonds. The van der Waals surface area contributed by atoms with E-state index in [1.54, 1.807) is 29.2 Å². The minimum Gasteiger partial charge on any atom is -0.389 e. The van der Waals surface area contributed by atoms with Gasteiger partial charge in [0, 0.05) is 37.3 Å². The van der Waals surface area contributed by atoms with Gasteiger partial charge in [-0.1, -0.05) is 60.7 Å². The van der Waals surface area contributed by atoms with Crippen molar-refractivity contribution in [2.24, 2.45) is 5.73 Å². The smallest absolute Gasteiger partial charge is 0.184 e. The number of ether oxygens (including phenoxy) is 7. The molecule has 0 radical (unpaired) electrons. The van der Waals surface area contributed by atoms with E-state index in [0.29, 0.717) is 44.1 Å². The van der Waals surface area contributed by atoms with Crippen molar-refractivity contribution >= 4 is 0 Å². The average Bonchev–Trinajstić information content (AvgIpc) is 3.12. The molecular weight excluding hydrogens is 644 g/mol. The lowest BCUT2D eigenvalue weighted by Gasteiger charge is -2.40. The zero-order chi connectivity index (χ0) is 35.0. The molecule has 0 aliphatic carbocycles. The molecule has 2 aliphatic heterocycles. The fraction of sp³-hybridized carbons (Fsp3) is 0.647. The first kappa shape index (κ1) is 39.6. The second-order valence-corrected chi connectivity index (χ2v) is 12.0. The van der Waals surface area contributed by atoms with Gasteiger partial charge >= 0.3 is 0 Å². The predicted octanol–water partition coefficient (Wildman–Crippen LogP) is -1.31. The Morgan fingerprint density at radius 2 is 1.04 bits per heavy atom. The fourth-order valence-corrected chi connectivity index (χ4v) is 5.55. The van der Waals surface area contributed by atoms with E-state index in [9.17, 15) is 30.6 Å². The van der Waals surface area contributed by atoms with E-state index in [-0.39, 0.29) is 46.1 Å². The van der Waals surface area contributed by atoms with Crippen LogP contribution in [0.5, 0.6) is 0 Å². The summed E-state index contributed by atoms with van der Waals surface area (Å²) in [6.45, 7) is 2.03. The molecule has 276 valence electrons. The van der Waals surface area contributed by atoms with Crippen molar-refractivity contribution < 1.29 is 63.8 Å². The molecule has 2 aliphatic rings. The third-order valence-corrected chi connectivity index (χ3v) is 8.21. The molecule has 0 saturated carbocycles. The maximum atomic E-state index is 11.1. The Morgan fingerprint density at radius 1 is 0.633 bits per heavy atom. The summed E-state index contributed by atoms with van der Waals surface area (Å²) in [7, 11) is 0. The normalized spacial score (nSPS) is 27.1. The molecule has 8 N–H and O–H groups in total. The Hall–Kier alpha value is -2.16. The molecule has 15 heteroatoms. The maximum Gasteiger partial charge on any atom is 0.184 e. The molecule has 2 heterocycles. The summed E-state index contributed by atoms with van der Waals surface area (Å²) in [5.41, 5.74) is 6.77. The highest BCUT2D eigenvalue weighted by molar-refractivity contribution is 5.17. The van der Waals surface area contributed by atoms with E-state index in [4.69, 9.17) is 38.9 Å². The van der Waals surface area contributed by atoms with Gasteiger partial charge in [0.1, 0.15) is 36.6 Å². The van der Waals surface area contributed by atoms with E-state index in [1.165, 1.54) is 0 Å². The molecule has 10 atom stereocenters. The van der Waals surface area contributed by atoms with Gasteiger partial charge in [-0.05, 0) is 0 Å². The number of aliphatic hydroxyl groups excluding tert-OH is 6. The monoisotopic (exact) mass is 696 g/mol. The number of rotatable bonds is 21. The van der Waals surface area contributed by atoms with Gasteiger partial charge in [0.05, 0.1) is 65.1 Å². The molecule has 0 spiro atoms. The average molecular weight is 697 g/mol. The number of nitrogens with zero attached hydrogens (tertiary/aromatic N) is 1. The minimum absolute atomic E-state index is 0.116. The number of benzene rings is 2. The van der Waals surface area contributed by atoms with Crippen LogP contribution in [0.1, 0.15) is 23.7 Å². The third-order valence-electron chi connectivity index (χ3n) is 8.21. The molecule has 0 aromatic heterocycles. The molecule has 2 aromatic rings.